The van der Waals surface area contributed by atoms with Gasteiger partial charge in [-0.3, -0.25) is 14.4 Å². The highest BCUT2D eigenvalue weighted by molar-refractivity contribution is 8.02. The molecule has 7 nitrogen and oxygen atoms in total. The summed E-state index contributed by atoms with van der Waals surface area (Å²) >= 11 is 1.64. The van der Waals surface area contributed by atoms with Crippen LogP contribution in [0.4, 0.5) is 11.4 Å². The molecule has 3 saturated heterocycles. The average molecular weight is 610 g/mol. The van der Waals surface area contributed by atoms with Crippen molar-refractivity contribution in [3.63, 3.8) is 0 Å². The molecule has 3 unspecified atom stereocenters. The maximum Gasteiger partial charge on any atom is 0.251 e. The fourth-order valence-electron chi connectivity index (χ4n) is 7.77. The normalized spacial score (nSPS) is 27.7. The minimum Gasteiger partial charge on any atom is -0.394 e. The summed E-state index contributed by atoms with van der Waals surface area (Å²) in [5, 5.41) is 12.3. The van der Waals surface area contributed by atoms with Crippen LogP contribution in [0.2, 0.25) is 0 Å². The summed E-state index contributed by atoms with van der Waals surface area (Å²) < 4.78 is -0.810. The number of thioether (sulfide) groups is 1. The summed E-state index contributed by atoms with van der Waals surface area (Å²) in [6, 6.07) is 21.9. The summed E-state index contributed by atoms with van der Waals surface area (Å²) in [7, 11) is 0. The van der Waals surface area contributed by atoms with Gasteiger partial charge in [0.25, 0.3) is 5.91 Å². The lowest BCUT2D eigenvalue weighted by molar-refractivity contribution is -0.141. The monoisotopic (exact) mass is 609 g/mol. The van der Waals surface area contributed by atoms with Crippen molar-refractivity contribution in [1.82, 2.24) is 4.90 Å². The molecule has 44 heavy (non-hydrogen) atoms. The number of rotatable bonds is 10. The number of aliphatic hydroxyl groups is 1. The molecule has 8 heteroatoms. The Bertz CT molecular complexity index is 1610. The quantitative estimate of drug-likeness (QED) is 0.316. The molecule has 3 heterocycles. The van der Waals surface area contributed by atoms with Crippen LogP contribution in [0.1, 0.15) is 20.3 Å². The van der Waals surface area contributed by atoms with Crippen LogP contribution >= 0.6 is 11.8 Å². The number of benzene rings is 3. The van der Waals surface area contributed by atoms with Crippen LogP contribution in [-0.4, -0.2) is 69.5 Å². The number of nitrogens with zero attached hydrogens (tertiary/aromatic N) is 3. The molecule has 0 aliphatic carbocycles. The first-order chi connectivity index (χ1) is 21.3. The lowest BCUT2D eigenvalue weighted by Crippen LogP contribution is -2.59. The van der Waals surface area contributed by atoms with Crippen LogP contribution in [-0.2, 0) is 14.4 Å². The Kier molecular flexibility index (Phi) is 8.16. The highest BCUT2D eigenvalue weighted by Gasteiger charge is 2.76. The molecule has 7 atom stereocenters. The lowest BCUT2D eigenvalue weighted by atomic mass is 9.65. The average Bonchev–Trinajstić information content (AvgIpc) is 3.65. The first kappa shape index (κ1) is 30.2. The Morgan fingerprint density at radius 3 is 2.27 bits per heavy atom. The second kappa shape index (κ2) is 11.9. The molecule has 228 valence electrons. The summed E-state index contributed by atoms with van der Waals surface area (Å²) in [6.45, 7) is 12.0. The van der Waals surface area contributed by atoms with Gasteiger partial charge in [-0.1, -0.05) is 67.6 Å². The zero-order valence-corrected chi connectivity index (χ0v) is 26.0. The summed E-state index contributed by atoms with van der Waals surface area (Å²) in [4.78, 5) is 49.0. The predicted molar refractivity (Wildman–Crippen MR) is 178 cm³/mol. The van der Waals surface area contributed by atoms with E-state index in [4.69, 9.17) is 0 Å². The van der Waals surface area contributed by atoms with Crippen molar-refractivity contribution in [3.8, 4) is 0 Å². The molecule has 3 aliphatic heterocycles. The number of para-hydroxylation sites is 1. The summed E-state index contributed by atoms with van der Waals surface area (Å²) in [6.07, 6.45) is 4.12. The summed E-state index contributed by atoms with van der Waals surface area (Å²) in [5.74, 6) is -1.84. The van der Waals surface area contributed by atoms with Gasteiger partial charge in [0.15, 0.2) is 0 Å². The van der Waals surface area contributed by atoms with Crippen molar-refractivity contribution in [2.75, 3.05) is 29.5 Å². The molecule has 0 saturated carbocycles. The Morgan fingerprint density at radius 1 is 0.977 bits per heavy atom. The molecule has 3 fully saturated rings. The van der Waals surface area contributed by atoms with Gasteiger partial charge in [0.1, 0.15) is 6.04 Å². The number of carbonyl (C=O) groups excluding carboxylic acids is 3. The van der Waals surface area contributed by atoms with Crippen LogP contribution < -0.4 is 9.80 Å². The molecular formula is C36H39N3O4S. The molecule has 1 spiro atoms. The Hall–Kier alpha value is -3.88. The number of carbonyl (C=O) groups is 3. The van der Waals surface area contributed by atoms with Crippen molar-refractivity contribution >= 4 is 51.6 Å². The van der Waals surface area contributed by atoms with E-state index in [9.17, 15) is 19.5 Å². The van der Waals surface area contributed by atoms with Crippen LogP contribution in [0.15, 0.2) is 98.1 Å². The maximum absolute atomic E-state index is 14.9. The van der Waals surface area contributed by atoms with Crippen molar-refractivity contribution in [1.29, 1.82) is 0 Å². The van der Waals surface area contributed by atoms with E-state index in [1.807, 2.05) is 72.8 Å². The largest absolute Gasteiger partial charge is 0.394 e. The summed E-state index contributed by atoms with van der Waals surface area (Å²) in [5.41, 5.74) is 1.47. The number of likely N-dealkylation sites (tertiary alicyclic amines) is 1. The number of aliphatic hydroxyl groups excluding tert-OH is 1. The molecule has 6 rings (SSSR count). The van der Waals surface area contributed by atoms with Gasteiger partial charge in [0.05, 0.1) is 29.2 Å². The molecule has 0 aromatic heterocycles. The van der Waals surface area contributed by atoms with Gasteiger partial charge in [-0.15, -0.1) is 24.9 Å². The van der Waals surface area contributed by atoms with E-state index in [1.165, 1.54) is 0 Å². The number of amides is 3. The third kappa shape index (κ3) is 4.58. The third-order valence-electron chi connectivity index (χ3n) is 9.71. The van der Waals surface area contributed by atoms with Crippen LogP contribution in [0.5, 0.6) is 0 Å². The van der Waals surface area contributed by atoms with E-state index in [1.54, 1.807) is 45.5 Å². The van der Waals surface area contributed by atoms with Gasteiger partial charge in [0, 0.05) is 29.7 Å². The number of hydrogen-bond acceptors (Lipinski definition) is 5. The van der Waals surface area contributed by atoms with Crippen molar-refractivity contribution in [2.24, 2.45) is 17.8 Å². The minimum atomic E-state index is -0.846. The third-order valence-corrected chi connectivity index (χ3v) is 11.8. The van der Waals surface area contributed by atoms with E-state index in [0.717, 1.165) is 28.6 Å². The van der Waals surface area contributed by atoms with E-state index < -0.39 is 28.7 Å². The zero-order chi connectivity index (χ0) is 31.2. The second-order valence-electron chi connectivity index (χ2n) is 12.2. The van der Waals surface area contributed by atoms with E-state index in [0.29, 0.717) is 6.54 Å². The second-order valence-corrected chi connectivity index (χ2v) is 13.7. The smallest absolute Gasteiger partial charge is 0.251 e. The van der Waals surface area contributed by atoms with Gasteiger partial charge >= 0.3 is 0 Å². The Balaban J connectivity index is 1.44. The van der Waals surface area contributed by atoms with E-state index in [-0.39, 0.29) is 42.0 Å². The highest BCUT2D eigenvalue weighted by atomic mass is 32.2. The van der Waals surface area contributed by atoms with E-state index in [2.05, 4.69) is 20.1 Å². The molecule has 2 bridgehead atoms. The van der Waals surface area contributed by atoms with Gasteiger partial charge in [-0.2, -0.15) is 0 Å². The van der Waals surface area contributed by atoms with Gasteiger partial charge in [-0.25, -0.2) is 0 Å². The molecule has 3 amide bonds. The SMILES string of the molecule is C=CCN(C(=O)C1N([C@H](C)CO)C(=O)[C@@H]2[C@@H](C(=O)N(CC=C)c3ccccc3)[C@H]3CC(C)C12S3)c1ccc2ccccc2c1. The maximum atomic E-state index is 14.9. The van der Waals surface area contributed by atoms with Crippen molar-refractivity contribution in [2.45, 2.75) is 42.3 Å². The molecule has 0 radical (unpaired) electrons. The first-order valence-corrected chi connectivity index (χ1v) is 16.2. The molecule has 1 N–H and O–H groups in total. The Morgan fingerprint density at radius 2 is 1.61 bits per heavy atom. The van der Waals surface area contributed by atoms with Crippen molar-refractivity contribution in [3.05, 3.63) is 98.1 Å². The van der Waals surface area contributed by atoms with Crippen molar-refractivity contribution < 1.29 is 19.5 Å². The standard InChI is InChI=1S/C36H39N3O4S/c1-5-18-37(27-14-8-7-9-15-27)33(41)30-29-20-23(3)36(44-29)31(30)34(42)39(24(4)22-40)32(36)35(43)38(19-6-2)28-17-16-25-12-10-11-13-26(25)21-28/h5-17,21,23-24,29-32,40H,1-2,18-20,22H2,3-4H3/t23?,24-,29-,30+,31+,32?,36?/m1/s1. The first-order valence-electron chi connectivity index (χ1n) is 15.3. The zero-order valence-electron chi connectivity index (χ0n) is 25.2. The number of fused-ring (bicyclic) bond motifs is 2. The van der Waals surface area contributed by atoms with Crippen LogP contribution in [0.3, 0.4) is 0 Å². The number of anilines is 2. The fourth-order valence-corrected chi connectivity index (χ4v) is 10.2. The molecule has 3 aliphatic rings. The minimum absolute atomic E-state index is 0.00658. The Labute approximate surface area is 263 Å². The van der Waals surface area contributed by atoms with Gasteiger partial charge in [-0.05, 0) is 54.3 Å². The van der Waals surface area contributed by atoms with Gasteiger partial charge < -0.3 is 19.8 Å². The van der Waals surface area contributed by atoms with Gasteiger partial charge in [0.2, 0.25) is 11.8 Å². The van der Waals surface area contributed by atoms with E-state index >= 15 is 0 Å². The lowest BCUT2D eigenvalue weighted by Gasteiger charge is -2.42. The number of hydrogen-bond donors (Lipinski definition) is 1. The highest BCUT2D eigenvalue weighted by Crippen LogP contribution is 2.69. The molecule has 3 aromatic rings. The molecular weight excluding hydrogens is 570 g/mol. The molecule has 3 aromatic carbocycles. The van der Waals surface area contributed by atoms with Crippen LogP contribution in [0, 0.1) is 17.8 Å². The topological polar surface area (TPSA) is 81.2 Å². The predicted octanol–water partition coefficient (Wildman–Crippen LogP) is 5.30. The fraction of sp³-hybridized carbons (Fsp3) is 0.361. The van der Waals surface area contributed by atoms with Crippen LogP contribution in [0.25, 0.3) is 10.8 Å².